The van der Waals surface area contributed by atoms with E-state index >= 15 is 0 Å². The molecular formula is C13H21ClN4. The standard InChI is InChI=1S/C13H21ClN4/c1-8-12(13(14)17(3)16-8)7-18-6-10-4-15-5-11(10)9(18)2/h9-11,15H,4-7H2,1-3H3. The normalized spacial score (nSPS) is 32.1. The number of nitrogens with zero attached hydrogens (tertiary/aromatic N) is 3. The molecule has 2 aliphatic heterocycles. The smallest absolute Gasteiger partial charge is 0.131 e. The first kappa shape index (κ1) is 12.5. The Hall–Kier alpha value is -0.580. The fourth-order valence-corrected chi connectivity index (χ4v) is 3.76. The molecule has 3 atom stereocenters. The van der Waals surface area contributed by atoms with Crippen LogP contribution in [0.5, 0.6) is 0 Å². The Morgan fingerprint density at radius 1 is 1.44 bits per heavy atom. The zero-order valence-corrected chi connectivity index (χ0v) is 12.0. The third-order valence-corrected chi connectivity index (χ3v) is 5.16. The molecule has 4 nitrogen and oxygen atoms in total. The van der Waals surface area contributed by atoms with Gasteiger partial charge >= 0.3 is 0 Å². The van der Waals surface area contributed by atoms with Crippen LogP contribution in [-0.4, -0.2) is 40.4 Å². The van der Waals surface area contributed by atoms with Gasteiger partial charge in [0.25, 0.3) is 0 Å². The van der Waals surface area contributed by atoms with E-state index in [1.165, 1.54) is 25.2 Å². The zero-order chi connectivity index (χ0) is 12.9. The van der Waals surface area contributed by atoms with Gasteiger partial charge in [-0.05, 0) is 38.8 Å². The van der Waals surface area contributed by atoms with Gasteiger partial charge in [-0.15, -0.1) is 0 Å². The van der Waals surface area contributed by atoms with E-state index in [-0.39, 0.29) is 0 Å². The molecule has 100 valence electrons. The van der Waals surface area contributed by atoms with Crippen LogP contribution in [0.2, 0.25) is 5.15 Å². The second-order valence-corrected chi connectivity index (χ2v) is 6.09. The van der Waals surface area contributed by atoms with Crippen LogP contribution >= 0.6 is 11.6 Å². The van der Waals surface area contributed by atoms with Crippen molar-refractivity contribution in [1.82, 2.24) is 20.0 Å². The molecule has 2 saturated heterocycles. The lowest BCUT2D eigenvalue weighted by molar-refractivity contribution is 0.231. The highest BCUT2D eigenvalue weighted by Crippen LogP contribution is 2.34. The molecule has 0 amide bonds. The van der Waals surface area contributed by atoms with Crippen LogP contribution in [0.1, 0.15) is 18.2 Å². The van der Waals surface area contributed by atoms with E-state index in [1.54, 1.807) is 4.68 Å². The monoisotopic (exact) mass is 268 g/mol. The van der Waals surface area contributed by atoms with Crippen molar-refractivity contribution in [3.05, 3.63) is 16.4 Å². The van der Waals surface area contributed by atoms with Gasteiger partial charge in [0, 0.05) is 31.7 Å². The topological polar surface area (TPSA) is 33.1 Å². The van der Waals surface area contributed by atoms with Gasteiger partial charge in [0.1, 0.15) is 5.15 Å². The Morgan fingerprint density at radius 3 is 2.83 bits per heavy atom. The predicted molar refractivity (Wildman–Crippen MR) is 72.7 cm³/mol. The van der Waals surface area contributed by atoms with Crippen LogP contribution in [0.4, 0.5) is 0 Å². The summed E-state index contributed by atoms with van der Waals surface area (Å²) >= 11 is 6.32. The fraction of sp³-hybridized carbons (Fsp3) is 0.769. The van der Waals surface area contributed by atoms with Crippen molar-refractivity contribution < 1.29 is 0 Å². The van der Waals surface area contributed by atoms with Crippen molar-refractivity contribution in [2.24, 2.45) is 18.9 Å². The predicted octanol–water partition coefficient (Wildman–Crippen LogP) is 1.42. The fourth-order valence-electron chi connectivity index (χ4n) is 3.52. The second kappa shape index (κ2) is 4.51. The molecule has 0 aliphatic carbocycles. The van der Waals surface area contributed by atoms with Gasteiger partial charge in [0.2, 0.25) is 0 Å². The molecule has 0 spiro atoms. The minimum Gasteiger partial charge on any atom is -0.316 e. The minimum atomic E-state index is 0.640. The number of fused-ring (bicyclic) bond motifs is 1. The van der Waals surface area contributed by atoms with Crippen molar-refractivity contribution in [3.63, 3.8) is 0 Å². The summed E-state index contributed by atoms with van der Waals surface area (Å²) < 4.78 is 1.77. The summed E-state index contributed by atoms with van der Waals surface area (Å²) in [5, 5.41) is 8.68. The summed E-state index contributed by atoms with van der Waals surface area (Å²) in [6.45, 7) is 8.85. The lowest BCUT2D eigenvalue weighted by atomic mass is 9.95. The number of halogens is 1. The first-order chi connectivity index (χ1) is 8.58. The number of likely N-dealkylation sites (tertiary alicyclic amines) is 1. The minimum absolute atomic E-state index is 0.640. The zero-order valence-electron chi connectivity index (χ0n) is 11.3. The number of nitrogens with one attached hydrogen (secondary N) is 1. The Bertz CT molecular complexity index is 456. The van der Waals surface area contributed by atoms with Crippen molar-refractivity contribution in [2.45, 2.75) is 26.4 Å². The van der Waals surface area contributed by atoms with Gasteiger partial charge in [0.05, 0.1) is 5.69 Å². The summed E-state index contributed by atoms with van der Waals surface area (Å²) in [6.07, 6.45) is 0. The number of rotatable bonds is 2. The van der Waals surface area contributed by atoms with Crippen LogP contribution in [0, 0.1) is 18.8 Å². The number of aromatic nitrogens is 2. The van der Waals surface area contributed by atoms with E-state index in [9.17, 15) is 0 Å². The van der Waals surface area contributed by atoms with Crippen molar-refractivity contribution >= 4 is 11.6 Å². The first-order valence-electron chi connectivity index (χ1n) is 6.70. The molecule has 2 fully saturated rings. The van der Waals surface area contributed by atoms with E-state index in [0.29, 0.717) is 6.04 Å². The highest BCUT2D eigenvalue weighted by Gasteiger charge is 2.41. The molecule has 0 aromatic carbocycles. The molecule has 0 bridgehead atoms. The van der Waals surface area contributed by atoms with Crippen LogP contribution in [0.15, 0.2) is 0 Å². The Labute approximate surface area is 113 Å². The molecule has 1 aromatic rings. The largest absolute Gasteiger partial charge is 0.316 e. The second-order valence-electron chi connectivity index (χ2n) is 5.73. The van der Waals surface area contributed by atoms with E-state index in [0.717, 1.165) is 29.2 Å². The lowest BCUT2D eigenvalue weighted by Gasteiger charge is -2.24. The van der Waals surface area contributed by atoms with Gasteiger partial charge in [-0.1, -0.05) is 11.6 Å². The Balaban J connectivity index is 1.77. The summed E-state index contributed by atoms with van der Waals surface area (Å²) in [5.41, 5.74) is 2.25. The van der Waals surface area contributed by atoms with Crippen molar-refractivity contribution in [3.8, 4) is 0 Å². The van der Waals surface area contributed by atoms with Crippen LogP contribution in [-0.2, 0) is 13.6 Å². The van der Waals surface area contributed by atoms with Gasteiger partial charge in [-0.3, -0.25) is 9.58 Å². The van der Waals surface area contributed by atoms with Crippen LogP contribution in [0.3, 0.4) is 0 Å². The maximum atomic E-state index is 6.32. The summed E-state index contributed by atoms with van der Waals surface area (Å²) in [5.74, 6) is 1.62. The van der Waals surface area contributed by atoms with Gasteiger partial charge in [0.15, 0.2) is 0 Å². The Morgan fingerprint density at radius 2 is 2.22 bits per heavy atom. The lowest BCUT2D eigenvalue weighted by Crippen LogP contribution is -2.32. The highest BCUT2D eigenvalue weighted by molar-refractivity contribution is 6.30. The average Bonchev–Trinajstić information content (AvgIpc) is 2.94. The quantitative estimate of drug-likeness (QED) is 0.881. The number of aryl methyl sites for hydroxylation is 2. The van der Waals surface area contributed by atoms with E-state index in [2.05, 4.69) is 22.2 Å². The molecule has 3 heterocycles. The third-order valence-electron chi connectivity index (χ3n) is 4.69. The molecule has 3 unspecified atom stereocenters. The molecular weight excluding hydrogens is 248 g/mol. The maximum Gasteiger partial charge on any atom is 0.131 e. The van der Waals surface area contributed by atoms with E-state index < -0.39 is 0 Å². The summed E-state index contributed by atoms with van der Waals surface area (Å²) in [4.78, 5) is 2.56. The first-order valence-corrected chi connectivity index (χ1v) is 7.08. The van der Waals surface area contributed by atoms with Gasteiger partial charge in [-0.25, -0.2) is 0 Å². The average molecular weight is 269 g/mol. The molecule has 1 N–H and O–H groups in total. The maximum absolute atomic E-state index is 6.32. The summed E-state index contributed by atoms with van der Waals surface area (Å²) in [7, 11) is 1.91. The molecule has 5 heteroatoms. The Kier molecular flexibility index (Phi) is 3.12. The van der Waals surface area contributed by atoms with Crippen LogP contribution < -0.4 is 5.32 Å². The number of hydrogen-bond donors (Lipinski definition) is 1. The van der Waals surface area contributed by atoms with E-state index in [4.69, 9.17) is 11.6 Å². The van der Waals surface area contributed by atoms with Crippen molar-refractivity contribution in [1.29, 1.82) is 0 Å². The molecule has 1 aromatic heterocycles. The van der Waals surface area contributed by atoms with E-state index in [1.807, 2.05) is 14.0 Å². The van der Waals surface area contributed by atoms with Gasteiger partial charge < -0.3 is 5.32 Å². The highest BCUT2D eigenvalue weighted by atomic mass is 35.5. The summed E-state index contributed by atoms with van der Waals surface area (Å²) in [6, 6.07) is 0.640. The third kappa shape index (κ3) is 1.87. The number of hydrogen-bond acceptors (Lipinski definition) is 3. The SMILES string of the molecule is Cc1nn(C)c(Cl)c1CN1CC2CNCC2C1C. The molecule has 18 heavy (non-hydrogen) atoms. The van der Waals surface area contributed by atoms with Crippen molar-refractivity contribution in [2.75, 3.05) is 19.6 Å². The molecule has 0 radical (unpaired) electrons. The molecule has 3 rings (SSSR count). The van der Waals surface area contributed by atoms with Gasteiger partial charge in [-0.2, -0.15) is 5.10 Å². The molecule has 0 saturated carbocycles. The van der Waals surface area contributed by atoms with Crippen LogP contribution in [0.25, 0.3) is 0 Å². The molecule has 2 aliphatic rings.